The summed E-state index contributed by atoms with van der Waals surface area (Å²) >= 11 is 0. The molecule has 4 aromatic rings. The van der Waals surface area contributed by atoms with Gasteiger partial charge in [-0.3, -0.25) is 0 Å². The molecule has 0 aromatic carbocycles. The van der Waals surface area contributed by atoms with E-state index in [-0.39, 0.29) is 12.1 Å². The van der Waals surface area contributed by atoms with Crippen molar-refractivity contribution in [2.75, 3.05) is 36.8 Å². The van der Waals surface area contributed by atoms with Crippen LogP contribution in [0.25, 0.3) is 11.6 Å². The van der Waals surface area contributed by atoms with Gasteiger partial charge in [0.1, 0.15) is 0 Å². The van der Waals surface area contributed by atoms with Gasteiger partial charge >= 0.3 is 12.1 Å². The smallest absolute Gasteiger partial charge is 0.322 e. The normalized spacial score (nSPS) is 13.8. The molecular weight excluding hydrogens is 448 g/mol. The molecule has 2 N–H and O–H groups in total. The first-order chi connectivity index (χ1) is 17.2. The van der Waals surface area contributed by atoms with Crippen LogP contribution in [0.4, 0.5) is 21.0 Å². The standard InChI is InChI=1S/C23H24N10O2/c34-22(28-18-6-1-8-24-20(18)32-14-3-10-26-32)30-12-5-13-31(17-16-30)23(35)29-19-7-2-9-25-21(19)33-15-4-11-27-33/h1-4,6-11,14-15H,5,12-13,16-17H2,(H,28,34)(H,29,35). The molecular formula is C23H24N10O2. The van der Waals surface area contributed by atoms with Gasteiger partial charge in [-0.15, -0.1) is 0 Å². The van der Waals surface area contributed by atoms with Crippen LogP contribution in [0.1, 0.15) is 6.42 Å². The summed E-state index contributed by atoms with van der Waals surface area (Å²) < 4.78 is 3.19. The Morgan fingerprint density at radius 3 is 1.57 bits per heavy atom. The van der Waals surface area contributed by atoms with E-state index in [9.17, 15) is 9.59 Å². The Morgan fingerprint density at radius 1 is 0.657 bits per heavy atom. The number of carbonyl (C=O) groups is 2. The van der Waals surface area contributed by atoms with E-state index in [2.05, 4.69) is 30.8 Å². The number of amides is 4. The fraction of sp³-hybridized carbons (Fsp3) is 0.217. The number of nitrogens with zero attached hydrogens (tertiary/aromatic N) is 8. The fourth-order valence-electron chi connectivity index (χ4n) is 3.85. The second kappa shape index (κ2) is 10.0. The fourth-order valence-corrected chi connectivity index (χ4v) is 3.85. The summed E-state index contributed by atoms with van der Waals surface area (Å²) in [4.78, 5) is 38.1. The van der Waals surface area contributed by atoms with E-state index in [1.54, 1.807) is 92.7 Å². The minimum absolute atomic E-state index is 0.248. The third-order valence-electron chi connectivity index (χ3n) is 5.57. The summed E-state index contributed by atoms with van der Waals surface area (Å²) in [6.07, 6.45) is 10.8. The molecule has 4 amide bonds. The minimum Gasteiger partial charge on any atom is -0.323 e. The largest absolute Gasteiger partial charge is 0.323 e. The highest BCUT2D eigenvalue weighted by atomic mass is 16.2. The molecule has 1 aliphatic rings. The minimum atomic E-state index is -0.248. The van der Waals surface area contributed by atoms with E-state index in [1.807, 2.05) is 0 Å². The highest BCUT2D eigenvalue weighted by Gasteiger charge is 2.23. The average Bonchev–Trinajstić information content (AvgIpc) is 3.55. The van der Waals surface area contributed by atoms with Crippen LogP contribution in [0.15, 0.2) is 73.6 Å². The number of nitrogens with one attached hydrogen (secondary N) is 2. The summed E-state index contributed by atoms with van der Waals surface area (Å²) in [5, 5.41) is 14.3. The zero-order valence-corrected chi connectivity index (χ0v) is 18.9. The molecule has 0 unspecified atom stereocenters. The van der Waals surface area contributed by atoms with E-state index in [0.717, 1.165) is 0 Å². The first-order valence-corrected chi connectivity index (χ1v) is 11.2. The van der Waals surface area contributed by atoms with Gasteiger partial charge in [-0.25, -0.2) is 28.9 Å². The predicted octanol–water partition coefficient (Wildman–Crippen LogP) is 2.62. The topological polar surface area (TPSA) is 126 Å². The molecule has 12 nitrogen and oxygen atoms in total. The van der Waals surface area contributed by atoms with Gasteiger partial charge in [0.25, 0.3) is 0 Å². The molecule has 5 rings (SSSR count). The van der Waals surface area contributed by atoms with Crippen molar-refractivity contribution in [2.45, 2.75) is 6.42 Å². The van der Waals surface area contributed by atoms with Crippen LogP contribution in [0.5, 0.6) is 0 Å². The number of hydrogen-bond acceptors (Lipinski definition) is 6. The average molecular weight is 473 g/mol. The molecule has 0 saturated carbocycles. The molecule has 4 aromatic heterocycles. The van der Waals surface area contributed by atoms with E-state index in [4.69, 9.17) is 0 Å². The van der Waals surface area contributed by atoms with Gasteiger partial charge in [-0.05, 0) is 42.8 Å². The lowest BCUT2D eigenvalue weighted by Crippen LogP contribution is -2.40. The Bertz CT molecular complexity index is 1190. The second-order valence-electron chi connectivity index (χ2n) is 7.84. The van der Waals surface area contributed by atoms with Crippen molar-refractivity contribution in [1.82, 2.24) is 39.3 Å². The monoisotopic (exact) mass is 472 g/mol. The first kappa shape index (κ1) is 22.1. The summed E-state index contributed by atoms with van der Waals surface area (Å²) in [6.45, 7) is 1.85. The maximum absolute atomic E-state index is 13.0. The Kier molecular flexibility index (Phi) is 6.33. The van der Waals surface area contributed by atoms with Crippen LogP contribution in [0.2, 0.25) is 0 Å². The van der Waals surface area contributed by atoms with Crippen molar-refractivity contribution >= 4 is 23.4 Å². The Balaban J connectivity index is 1.22. The quantitative estimate of drug-likeness (QED) is 0.470. The second-order valence-corrected chi connectivity index (χ2v) is 7.84. The maximum atomic E-state index is 13.0. The van der Waals surface area contributed by atoms with Crippen molar-refractivity contribution in [3.63, 3.8) is 0 Å². The number of pyridine rings is 2. The third kappa shape index (κ3) is 4.95. The van der Waals surface area contributed by atoms with Crippen LogP contribution in [0, 0.1) is 0 Å². The number of carbonyl (C=O) groups excluding carboxylic acids is 2. The molecule has 0 atom stereocenters. The first-order valence-electron chi connectivity index (χ1n) is 11.2. The van der Waals surface area contributed by atoms with E-state index in [1.165, 1.54) is 0 Å². The van der Waals surface area contributed by atoms with E-state index < -0.39 is 0 Å². The maximum Gasteiger partial charge on any atom is 0.322 e. The molecule has 12 heteroatoms. The third-order valence-corrected chi connectivity index (χ3v) is 5.57. The van der Waals surface area contributed by atoms with Gasteiger partial charge in [0.2, 0.25) is 0 Å². The number of aromatic nitrogens is 6. The van der Waals surface area contributed by atoms with Gasteiger partial charge in [0, 0.05) is 63.4 Å². The van der Waals surface area contributed by atoms with Crippen molar-refractivity contribution in [3.8, 4) is 11.6 Å². The molecule has 1 fully saturated rings. The van der Waals surface area contributed by atoms with Crippen molar-refractivity contribution < 1.29 is 9.59 Å². The van der Waals surface area contributed by atoms with Crippen LogP contribution in [-0.4, -0.2) is 77.6 Å². The molecule has 1 aliphatic heterocycles. The van der Waals surface area contributed by atoms with Gasteiger partial charge in [0.15, 0.2) is 11.6 Å². The lowest BCUT2D eigenvalue weighted by atomic mass is 10.3. The summed E-state index contributed by atoms with van der Waals surface area (Å²) in [5.41, 5.74) is 1.12. The van der Waals surface area contributed by atoms with Gasteiger partial charge in [-0.1, -0.05) is 0 Å². The predicted molar refractivity (Wildman–Crippen MR) is 129 cm³/mol. The molecule has 35 heavy (non-hydrogen) atoms. The number of hydrogen-bond donors (Lipinski definition) is 2. The van der Waals surface area contributed by atoms with Gasteiger partial charge < -0.3 is 20.4 Å². The van der Waals surface area contributed by atoms with Crippen LogP contribution < -0.4 is 10.6 Å². The highest BCUT2D eigenvalue weighted by molar-refractivity contribution is 5.92. The Labute approximate surface area is 201 Å². The highest BCUT2D eigenvalue weighted by Crippen LogP contribution is 2.19. The molecule has 0 spiro atoms. The Morgan fingerprint density at radius 2 is 1.14 bits per heavy atom. The van der Waals surface area contributed by atoms with E-state index >= 15 is 0 Å². The van der Waals surface area contributed by atoms with Gasteiger partial charge in [0.05, 0.1) is 11.4 Å². The number of urea groups is 2. The Hall–Kier alpha value is -4.74. The zero-order chi connectivity index (χ0) is 24.0. The van der Waals surface area contributed by atoms with Gasteiger partial charge in [-0.2, -0.15) is 10.2 Å². The molecule has 5 heterocycles. The lowest BCUT2D eigenvalue weighted by Gasteiger charge is -2.23. The summed E-state index contributed by atoms with van der Waals surface area (Å²) in [7, 11) is 0. The number of rotatable bonds is 4. The van der Waals surface area contributed by atoms with Crippen LogP contribution >= 0.6 is 0 Å². The van der Waals surface area contributed by atoms with Crippen molar-refractivity contribution in [2.24, 2.45) is 0 Å². The van der Waals surface area contributed by atoms with Crippen molar-refractivity contribution in [3.05, 3.63) is 73.6 Å². The molecule has 1 saturated heterocycles. The molecule has 178 valence electrons. The van der Waals surface area contributed by atoms with Crippen LogP contribution in [-0.2, 0) is 0 Å². The van der Waals surface area contributed by atoms with Crippen molar-refractivity contribution in [1.29, 1.82) is 0 Å². The summed E-state index contributed by atoms with van der Waals surface area (Å²) in [6, 6.07) is 10.2. The lowest BCUT2D eigenvalue weighted by molar-refractivity contribution is 0.205. The van der Waals surface area contributed by atoms with E-state index in [0.29, 0.717) is 55.6 Å². The zero-order valence-electron chi connectivity index (χ0n) is 18.9. The molecule has 0 radical (unpaired) electrons. The molecule has 0 aliphatic carbocycles. The van der Waals surface area contributed by atoms with Crippen LogP contribution in [0.3, 0.4) is 0 Å². The SMILES string of the molecule is O=C(Nc1cccnc1-n1cccn1)N1CCCN(C(=O)Nc2cccnc2-n2cccn2)CC1. The summed E-state index contributed by atoms with van der Waals surface area (Å²) in [5.74, 6) is 1.07. The number of anilines is 2. The molecule has 0 bridgehead atoms.